The highest BCUT2D eigenvalue weighted by Gasteiger charge is 2.48. The minimum absolute atomic E-state index is 0.104. The SMILES string of the molecule is CC1CC(c2cc(NC3COC3)cc(-n3cc(Cl)c4cc(CN5CCC[C@H](C)C5)[nH]c4c3=O)c2)(c2nncn2C)C1. The third-order valence-corrected chi connectivity index (χ3v) is 9.53. The van der Waals surface area contributed by atoms with Gasteiger partial charge in [0, 0.05) is 43.1 Å². The summed E-state index contributed by atoms with van der Waals surface area (Å²) in [5, 5.41) is 13.7. The monoisotopic (exact) mass is 575 g/mol. The lowest BCUT2D eigenvalue weighted by Gasteiger charge is -2.46. The third-order valence-electron chi connectivity index (χ3n) is 9.23. The van der Waals surface area contributed by atoms with Gasteiger partial charge in [-0.3, -0.25) is 14.3 Å². The molecule has 0 unspecified atom stereocenters. The van der Waals surface area contributed by atoms with E-state index in [-0.39, 0.29) is 17.0 Å². The molecule has 1 aliphatic carbocycles. The Bertz CT molecular complexity index is 1650. The molecule has 4 aromatic rings. The fourth-order valence-electron chi connectivity index (χ4n) is 7.24. The summed E-state index contributed by atoms with van der Waals surface area (Å²) in [5.74, 6) is 2.21. The molecule has 2 N–H and O–H groups in total. The molecule has 10 heteroatoms. The van der Waals surface area contributed by atoms with Crippen LogP contribution in [0.15, 0.2) is 41.6 Å². The molecule has 3 aliphatic rings. The molecular weight excluding hydrogens is 538 g/mol. The van der Waals surface area contributed by atoms with E-state index >= 15 is 0 Å². The van der Waals surface area contributed by atoms with Crippen LogP contribution < -0.4 is 10.9 Å². The highest BCUT2D eigenvalue weighted by Crippen LogP contribution is 2.52. The molecule has 0 amide bonds. The molecule has 7 rings (SSSR count). The molecule has 1 aromatic carbocycles. The van der Waals surface area contributed by atoms with Crippen molar-refractivity contribution in [3.05, 3.63) is 69.2 Å². The average Bonchev–Trinajstić information content (AvgIpc) is 3.53. The minimum atomic E-state index is -0.268. The Morgan fingerprint density at radius 3 is 2.68 bits per heavy atom. The molecule has 2 aliphatic heterocycles. The molecule has 3 fully saturated rings. The van der Waals surface area contributed by atoms with Gasteiger partial charge in [-0.1, -0.05) is 25.4 Å². The van der Waals surface area contributed by atoms with E-state index in [1.54, 1.807) is 17.1 Å². The molecular formula is C31H38ClN7O2. The van der Waals surface area contributed by atoms with Gasteiger partial charge in [-0.15, -0.1) is 10.2 Å². The van der Waals surface area contributed by atoms with Crippen molar-refractivity contribution >= 4 is 28.2 Å². The van der Waals surface area contributed by atoms with Crippen LogP contribution in [0, 0.1) is 11.8 Å². The highest BCUT2D eigenvalue weighted by molar-refractivity contribution is 6.35. The number of aryl methyl sites for hydroxylation is 1. The second kappa shape index (κ2) is 10.3. The van der Waals surface area contributed by atoms with E-state index in [4.69, 9.17) is 16.3 Å². The number of hydrogen-bond acceptors (Lipinski definition) is 6. The number of fused-ring (bicyclic) bond motifs is 1. The predicted molar refractivity (Wildman–Crippen MR) is 161 cm³/mol. The number of anilines is 1. The summed E-state index contributed by atoms with van der Waals surface area (Å²) in [6.45, 7) is 8.87. The van der Waals surface area contributed by atoms with Crippen LogP contribution in [0.25, 0.3) is 16.6 Å². The first-order valence-corrected chi connectivity index (χ1v) is 15.2. The van der Waals surface area contributed by atoms with Gasteiger partial charge in [-0.25, -0.2) is 0 Å². The van der Waals surface area contributed by atoms with Gasteiger partial charge in [0.2, 0.25) is 0 Å². The van der Waals surface area contributed by atoms with Crippen molar-refractivity contribution in [2.75, 3.05) is 31.6 Å². The van der Waals surface area contributed by atoms with Gasteiger partial charge in [0.1, 0.15) is 17.7 Å². The van der Waals surface area contributed by atoms with Crippen molar-refractivity contribution in [3.8, 4) is 5.69 Å². The van der Waals surface area contributed by atoms with Crippen LogP contribution in [-0.4, -0.2) is 61.6 Å². The third kappa shape index (κ3) is 4.77. The normalized spacial score (nSPS) is 25.3. The van der Waals surface area contributed by atoms with Crippen molar-refractivity contribution in [2.24, 2.45) is 18.9 Å². The Morgan fingerprint density at radius 1 is 1.17 bits per heavy atom. The Morgan fingerprint density at radius 2 is 2.00 bits per heavy atom. The zero-order chi connectivity index (χ0) is 28.3. The van der Waals surface area contributed by atoms with Gasteiger partial charge in [-0.05, 0) is 73.9 Å². The van der Waals surface area contributed by atoms with Crippen LogP contribution in [0.1, 0.15) is 56.6 Å². The Balaban J connectivity index is 1.31. The predicted octanol–water partition coefficient (Wildman–Crippen LogP) is 4.86. The maximum atomic E-state index is 14.0. The fourth-order valence-corrected chi connectivity index (χ4v) is 7.48. The Kier molecular flexibility index (Phi) is 6.71. The first-order chi connectivity index (χ1) is 19.8. The highest BCUT2D eigenvalue weighted by atomic mass is 35.5. The number of halogens is 1. The van der Waals surface area contributed by atoms with Gasteiger partial charge in [-0.2, -0.15) is 0 Å². The number of nitrogens with zero attached hydrogens (tertiary/aromatic N) is 5. The molecule has 1 saturated carbocycles. The summed E-state index contributed by atoms with van der Waals surface area (Å²) in [4.78, 5) is 19.9. The van der Waals surface area contributed by atoms with Crippen molar-refractivity contribution in [1.82, 2.24) is 29.2 Å². The number of ether oxygens (including phenoxy) is 1. The number of H-pyrrole nitrogens is 1. The van der Waals surface area contributed by atoms with Crippen LogP contribution in [0.4, 0.5) is 5.69 Å². The van der Waals surface area contributed by atoms with E-state index in [0.29, 0.717) is 35.6 Å². The molecule has 41 heavy (non-hydrogen) atoms. The van der Waals surface area contributed by atoms with E-state index in [9.17, 15) is 4.79 Å². The van der Waals surface area contributed by atoms with E-state index in [1.807, 2.05) is 23.7 Å². The molecule has 1 atom stereocenters. The summed E-state index contributed by atoms with van der Waals surface area (Å²) < 4.78 is 9.13. The first kappa shape index (κ1) is 26.7. The number of hydrogen-bond donors (Lipinski definition) is 2. The average molecular weight is 576 g/mol. The Hall–Kier alpha value is -3.14. The summed E-state index contributed by atoms with van der Waals surface area (Å²) in [6.07, 6.45) is 7.96. The topological polar surface area (TPSA) is 93.0 Å². The van der Waals surface area contributed by atoms with Gasteiger partial charge >= 0.3 is 0 Å². The van der Waals surface area contributed by atoms with Gasteiger partial charge < -0.3 is 19.6 Å². The first-order valence-electron chi connectivity index (χ1n) is 14.8. The second-order valence-corrected chi connectivity index (χ2v) is 13.1. The van der Waals surface area contributed by atoms with Crippen LogP contribution in [-0.2, 0) is 23.7 Å². The summed E-state index contributed by atoms with van der Waals surface area (Å²) in [6, 6.07) is 8.67. The fraction of sp³-hybridized carbons (Fsp3) is 0.516. The lowest BCUT2D eigenvalue weighted by Crippen LogP contribution is -2.44. The molecule has 0 spiro atoms. The lowest BCUT2D eigenvalue weighted by atomic mass is 9.58. The van der Waals surface area contributed by atoms with Gasteiger partial charge in [0.15, 0.2) is 0 Å². The number of piperidine rings is 1. The van der Waals surface area contributed by atoms with E-state index in [2.05, 4.69) is 51.4 Å². The number of pyridine rings is 1. The quantitative estimate of drug-likeness (QED) is 0.327. The number of benzene rings is 1. The maximum Gasteiger partial charge on any atom is 0.279 e. The van der Waals surface area contributed by atoms with Crippen LogP contribution in [0.5, 0.6) is 0 Å². The largest absolute Gasteiger partial charge is 0.378 e. The van der Waals surface area contributed by atoms with Crippen molar-refractivity contribution in [2.45, 2.75) is 57.5 Å². The number of aromatic nitrogens is 5. The number of rotatable bonds is 7. The molecule has 0 radical (unpaired) electrons. The molecule has 9 nitrogen and oxygen atoms in total. The number of aromatic amines is 1. The lowest BCUT2D eigenvalue weighted by molar-refractivity contribution is 0.0211. The Labute approximate surface area is 244 Å². The van der Waals surface area contributed by atoms with E-state index in [1.165, 1.54) is 12.8 Å². The standard InChI is InChI=1S/C31H38ClN7O2/c1-19-5-4-6-38(13-19)14-23-10-26-27(32)15-39(29(40)28(26)35-23)25-8-21(7-22(9-25)34-24-16-41-17-24)31(11-20(2)12-31)30-36-33-18-37(30)3/h7-10,15,18-20,24,34-35H,4-6,11-14,16-17H2,1-3H3/t19-,20?,31?/m0/s1. The summed E-state index contributed by atoms with van der Waals surface area (Å²) in [5.41, 5.74) is 4.06. The van der Waals surface area contributed by atoms with Crippen LogP contribution >= 0.6 is 11.6 Å². The van der Waals surface area contributed by atoms with Crippen molar-refractivity contribution in [3.63, 3.8) is 0 Å². The molecule has 2 saturated heterocycles. The van der Waals surface area contributed by atoms with Crippen molar-refractivity contribution < 1.29 is 4.74 Å². The van der Waals surface area contributed by atoms with Gasteiger partial charge in [0.25, 0.3) is 5.56 Å². The summed E-state index contributed by atoms with van der Waals surface area (Å²) >= 11 is 6.86. The van der Waals surface area contributed by atoms with Crippen molar-refractivity contribution in [1.29, 1.82) is 0 Å². The zero-order valence-electron chi connectivity index (χ0n) is 24.0. The summed E-state index contributed by atoms with van der Waals surface area (Å²) in [7, 11) is 2.00. The number of nitrogens with one attached hydrogen (secondary N) is 2. The van der Waals surface area contributed by atoms with E-state index < -0.39 is 0 Å². The minimum Gasteiger partial charge on any atom is -0.378 e. The van der Waals surface area contributed by atoms with Gasteiger partial charge in [0.05, 0.1) is 35.4 Å². The molecule has 0 bridgehead atoms. The maximum absolute atomic E-state index is 14.0. The molecule has 5 heterocycles. The van der Waals surface area contributed by atoms with E-state index in [0.717, 1.165) is 66.3 Å². The zero-order valence-corrected chi connectivity index (χ0v) is 24.7. The van der Waals surface area contributed by atoms with Crippen LogP contribution in [0.2, 0.25) is 5.02 Å². The second-order valence-electron chi connectivity index (χ2n) is 12.7. The number of likely N-dealkylation sites (tertiary alicyclic amines) is 1. The molecule has 216 valence electrons. The van der Waals surface area contributed by atoms with Crippen LogP contribution in [0.3, 0.4) is 0 Å². The smallest absolute Gasteiger partial charge is 0.279 e. The molecule has 3 aromatic heterocycles.